The molecular weight excluding hydrogens is 393 g/mol. The van der Waals surface area contributed by atoms with Gasteiger partial charge in [-0.15, -0.1) is 0 Å². The third-order valence-electron chi connectivity index (χ3n) is 4.87. The van der Waals surface area contributed by atoms with Gasteiger partial charge in [-0.1, -0.05) is 18.2 Å². The number of pyridine rings is 2. The van der Waals surface area contributed by atoms with E-state index in [1.807, 2.05) is 42.2 Å². The van der Waals surface area contributed by atoms with Crippen LogP contribution in [0.4, 0.5) is 19.0 Å². The SMILES string of the molecule is COCC1N=CC(C)=C(c2ccc3cccnc3c2)N1c1ccc(C(F)(F)F)cn1. The monoisotopic (exact) mass is 412 g/mol. The van der Waals surface area contributed by atoms with Crippen molar-refractivity contribution < 1.29 is 17.9 Å². The van der Waals surface area contributed by atoms with Crippen LogP contribution < -0.4 is 4.90 Å². The van der Waals surface area contributed by atoms with Gasteiger partial charge in [0.15, 0.2) is 0 Å². The molecule has 0 fully saturated rings. The van der Waals surface area contributed by atoms with Gasteiger partial charge in [0.2, 0.25) is 0 Å². The molecular formula is C22H19F3N4O. The highest BCUT2D eigenvalue weighted by molar-refractivity contribution is 5.98. The normalized spacial score (nSPS) is 17.1. The molecule has 1 unspecified atom stereocenters. The fraction of sp³-hybridized carbons (Fsp3) is 0.227. The topological polar surface area (TPSA) is 50.6 Å². The first-order valence-electron chi connectivity index (χ1n) is 9.29. The van der Waals surface area contributed by atoms with Crippen LogP contribution in [0.25, 0.3) is 16.6 Å². The van der Waals surface area contributed by atoms with Gasteiger partial charge in [-0.25, -0.2) is 4.98 Å². The molecule has 0 saturated heterocycles. The van der Waals surface area contributed by atoms with E-state index >= 15 is 0 Å². The maximum atomic E-state index is 13.0. The van der Waals surface area contributed by atoms with Crippen molar-refractivity contribution in [2.75, 3.05) is 18.6 Å². The summed E-state index contributed by atoms with van der Waals surface area (Å²) in [7, 11) is 1.55. The van der Waals surface area contributed by atoms with Crippen molar-refractivity contribution in [1.29, 1.82) is 0 Å². The average Bonchev–Trinajstić information content (AvgIpc) is 2.74. The van der Waals surface area contributed by atoms with E-state index in [2.05, 4.69) is 15.0 Å². The first kappa shape index (κ1) is 20.0. The Kier molecular flexibility index (Phi) is 5.26. The number of fused-ring (bicyclic) bond motifs is 1. The second-order valence-corrected chi connectivity index (χ2v) is 6.93. The van der Waals surface area contributed by atoms with E-state index in [9.17, 15) is 13.2 Å². The molecule has 5 nitrogen and oxygen atoms in total. The molecule has 1 aliphatic heterocycles. The van der Waals surface area contributed by atoms with Gasteiger partial charge in [-0.05, 0) is 36.8 Å². The molecule has 0 N–H and O–H groups in total. The van der Waals surface area contributed by atoms with Crippen LogP contribution in [-0.2, 0) is 10.9 Å². The van der Waals surface area contributed by atoms with Crippen LogP contribution in [0.3, 0.4) is 0 Å². The van der Waals surface area contributed by atoms with E-state index in [1.165, 1.54) is 6.07 Å². The molecule has 0 bridgehead atoms. The highest BCUT2D eigenvalue weighted by Crippen LogP contribution is 2.35. The fourth-order valence-corrected chi connectivity index (χ4v) is 3.48. The zero-order valence-corrected chi connectivity index (χ0v) is 16.4. The first-order valence-corrected chi connectivity index (χ1v) is 9.29. The molecule has 0 spiro atoms. The molecule has 0 amide bonds. The number of anilines is 1. The van der Waals surface area contributed by atoms with Gasteiger partial charge in [-0.2, -0.15) is 13.2 Å². The minimum absolute atomic E-state index is 0.252. The summed E-state index contributed by atoms with van der Waals surface area (Å²) in [5, 5.41) is 0.997. The number of hydrogen-bond donors (Lipinski definition) is 0. The van der Waals surface area contributed by atoms with Gasteiger partial charge < -0.3 is 9.64 Å². The molecule has 4 rings (SSSR count). The van der Waals surface area contributed by atoms with Crippen molar-refractivity contribution in [2.45, 2.75) is 19.3 Å². The van der Waals surface area contributed by atoms with E-state index in [1.54, 1.807) is 19.5 Å². The Labute approximate surface area is 171 Å². The van der Waals surface area contributed by atoms with E-state index in [0.29, 0.717) is 5.82 Å². The summed E-state index contributed by atoms with van der Waals surface area (Å²) >= 11 is 0. The van der Waals surface area contributed by atoms with Crippen molar-refractivity contribution in [3.05, 3.63) is 71.6 Å². The van der Waals surface area contributed by atoms with Gasteiger partial charge in [0.05, 0.1) is 23.4 Å². The van der Waals surface area contributed by atoms with Crippen LogP contribution in [0.15, 0.2) is 65.4 Å². The first-order chi connectivity index (χ1) is 14.4. The number of aliphatic imine (C=N–C) groups is 1. The lowest BCUT2D eigenvalue weighted by atomic mass is 10.0. The van der Waals surface area contributed by atoms with Gasteiger partial charge >= 0.3 is 6.18 Å². The second-order valence-electron chi connectivity index (χ2n) is 6.93. The van der Waals surface area contributed by atoms with Crippen LogP contribution >= 0.6 is 0 Å². The van der Waals surface area contributed by atoms with Crippen LogP contribution in [0.2, 0.25) is 0 Å². The summed E-state index contributed by atoms with van der Waals surface area (Å²) in [5.74, 6) is 0.359. The smallest absolute Gasteiger partial charge is 0.381 e. The molecule has 3 heterocycles. The Hall–Kier alpha value is -3.26. The van der Waals surface area contributed by atoms with Crippen LogP contribution in [0.1, 0.15) is 18.1 Å². The highest BCUT2D eigenvalue weighted by Gasteiger charge is 2.32. The summed E-state index contributed by atoms with van der Waals surface area (Å²) in [6.45, 7) is 2.16. The fourth-order valence-electron chi connectivity index (χ4n) is 3.48. The van der Waals surface area contributed by atoms with Gasteiger partial charge in [-0.3, -0.25) is 9.98 Å². The van der Waals surface area contributed by atoms with E-state index in [0.717, 1.165) is 40.0 Å². The summed E-state index contributed by atoms with van der Waals surface area (Å²) in [6, 6.07) is 12.1. The van der Waals surface area contributed by atoms with Crippen LogP contribution in [-0.4, -0.2) is 36.1 Å². The lowest BCUT2D eigenvalue weighted by molar-refractivity contribution is -0.137. The molecule has 2 aromatic heterocycles. The van der Waals surface area contributed by atoms with Gasteiger partial charge in [0.25, 0.3) is 0 Å². The number of ether oxygens (including phenoxy) is 1. The number of benzene rings is 1. The van der Waals surface area contributed by atoms with Crippen molar-refractivity contribution in [1.82, 2.24) is 9.97 Å². The van der Waals surface area contributed by atoms with E-state index < -0.39 is 17.9 Å². The zero-order valence-electron chi connectivity index (χ0n) is 16.4. The average molecular weight is 412 g/mol. The lowest BCUT2D eigenvalue weighted by Gasteiger charge is -2.35. The third kappa shape index (κ3) is 3.78. The summed E-state index contributed by atoms with van der Waals surface area (Å²) in [4.78, 5) is 14.8. The minimum atomic E-state index is -4.45. The van der Waals surface area contributed by atoms with Crippen molar-refractivity contribution in [3.8, 4) is 0 Å². The van der Waals surface area contributed by atoms with E-state index in [4.69, 9.17) is 4.74 Å². The standard InChI is InChI=1S/C22H19F3N4O/c1-14-11-27-20(13-30-2)29(19-8-7-17(12-28-19)22(23,24)25)21(14)16-6-5-15-4-3-9-26-18(15)10-16/h3-12,20H,13H2,1-2H3. The van der Waals surface area contributed by atoms with Crippen molar-refractivity contribution in [2.24, 2.45) is 4.99 Å². The number of allylic oxidation sites excluding steroid dienone is 1. The maximum Gasteiger partial charge on any atom is 0.417 e. The second kappa shape index (κ2) is 7.87. The Morgan fingerprint density at radius 1 is 1.10 bits per heavy atom. The number of alkyl halides is 3. The van der Waals surface area contributed by atoms with Gasteiger partial charge in [0, 0.05) is 36.7 Å². The number of hydrogen-bond acceptors (Lipinski definition) is 5. The predicted octanol–water partition coefficient (Wildman–Crippen LogP) is 4.94. The van der Waals surface area contributed by atoms with E-state index in [-0.39, 0.29) is 6.61 Å². The largest absolute Gasteiger partial charge is 0.417 e. The summed E-state index contributed by atoms with van der Waals surface area (Å²) < 4.78 is 44.3. The molecule has 0 aliphatic carbocycles. The Morgan fingerprint density at radius 3 is 2.63 bits per heavy atom. The molecule has 0 radical (unpaired) electrons. The van der Waals surface area contributed by atoms with Gasteiger partial charge in [0.1, 0.15) is 12.0 Å². The minimum Gasteiger partial charge on any atom is -0.381 e. The molecule has 30 heavy (non-hydrogen) atoms. The molecule has 1 aromatic carbocycles. The molecule has 1 aliphatic rings. The van der Waals surface area contributed by atoms with Crippen molar-refractivity contribution in [3.63, 3.8) is 0 Å². The van der Waals surface area contributed by atoms with Crippen LogP contribution in [0, 0.1) is 0 Å². The molecule has 154 valence electrons. The quantitative estimate of drug-likeness (QED) is 0.609. The Bertz CT molecular complexity index is 1120. The zero-order chi connectivity index (χ0) is 21.3. The van der Waals surface area contributed by atoms with Crippen LogP contribution in [0.5, 0.6) is 0 Å². The molecule has 3 aromatic rings. The predicted molar refractivity (Wildman–Crippen MR) is 110 cm³/mol. The number of nitrogens with zero attached hydrogens (tertiary/aromatic N) is 4. The highest BCUT2D eigenvalue weighted by atomic mass is 19.4. The lowest BCUT2D eigenvalue weighted by Crippen LogP contribution is -2.39. The number of methoxy groups -OCH3 is 1. The number of aromatic nitrogens is 2. The number of rotatable bonds is 4. The van der Waals surface area contributed by atoms with Crippen molar-refractivity contribution >= 4 is 28.6 Å². The summed E-state index contributed by atoms with van der Waals surface area (Å²) in [5.41, 5.74) is 2.55. The Balaban J connectivity index is 1.83. The molecule has 1 atom stereocenters. The Morgan fingerprint density at radius 2 is 1.93 bits per heavy atom. The molecule has 0 saturated carbocycles. The number of halogens is 3. The maximum absolute atomic E-state index is 13.0. The molecule has 8 heteroatoms. The summed E-state index contributed by atoms with van der Waals surface area (Å²) in [6.07, 6.45) is -0.596. The third-order valence-corrected chi connectivity index (χ3v) is 4.87.